The Bertz CT molecular complexity index is 26.8. The molecular formula is C4H11NO3. The SMILES string of the molecule is C1COCCO1.NO. The van der Waals surface area contributed by atoms with Crippen LogP contribution < -0.4 is 5.90 Å². The minimum Gasteiger partial charge on any atom is -0.377 e. The van der Waals surface area contributed by atoms with Gasteiger partial charge in [-0.15, -0.1) is 0 Å². The van der Waals surface area contributed by atoms with Crippen molar-refractivity contribution in [2.45, 2.75) is 0 Å². The summed E-state index contributed by atoms with van der Waals surface area (Å²) in [4.78, 5) is 0. The summed E-state index contributed by atoms with van der Waals surface area (Å²) in [7, 11) is 0. The lowest BCUT2D eigenvalue weighted by atomic mass is 10.6. The van der Waals surface area contributed by atoms with Gasteiger partial charge >= 0.3 is 0 Å². The lowest BCUT2D eigenvalue weighted by Gasteiger charge is -2.09. The third kappa shape index (κ3) is 4.01. The molecule has 0 aromatic carbocycles. The molecule has 4 nitrogen and oxygen atoms in total. The summed E-state index contributed by atoms with van der Waals surface area (Å²) in [6.07, 6.45) is 0. The van der Waals surface area contributed by atoms with Crippen LogP contribution in [0.1, 0.15) is 0 Å². The zero-order chi connectivity index (χ0) is 6.24. The number of hydrogen-bond acceptors (Lipinski definition) is 4. The van der Waals surface area contributed by atoms with Crippen LogP contribution >= 0.6 is 0 Å². The van der Waals surface area contributed by atoms with E-state index in [1.807, 2.05) is 0 Å². The van der Waals surface area contributed by atoms with E-state index in [4.69, 9.17) is 14.7 Å². The van der Waals surface area contributed by atoms with Crippen molar-refractivity contribution in [2.75, 3.05) is 26.4 Å². The Kier molecular flexibility index (Phi) is 6.70. The quantitative estimate of drug-likeness (QED) is 0.419. The Morgan fingerprint density at radius 1 is 0.875 bits per heavy atom. The summed E-state index contributed by atoms with van der Waals surface area (Å²) in [5.41, 5.74) is 0. The second-order valence-electron chi connectivity index (χ2n) is 1.22. The Balaban J connectivity index is 0.000000222. The summed E-state index contributed by atoms with van der Waals surface area (Å²) >= 11 is 0. The van der Waals surface area contributed by atoms with Crippen LogP contribution in [0.15, 0.2) is 0 Å². The van der Waals surface area contributed by atoms with Gasteiger partial charge < -0.3 is 14.7 Å². The van der Waals surface area contributed by atoms with Crippen LogP contribution in [0.2, 0.25) is 0 Å². The summed E-state index contributed by atoms with van der Waals surface area (Å²) in [5, 5.41) is 6.50. The van der Waals surface area contributed by atoms with Gasteiger partial charge in [0.1, 0.15) is 0 Å². The van der Waals surface area contributed by atoms with Crippen molar-refractivity contribution in [1.29, 1.82) is 0 Å². The molecule has 1 aliphatic heterocycles. The second kappa shape index (κ2) is 6.84. The molecule has 0 atom stereocenters. The van der Waals surface area contributed by atoms with Crippen molar-refractivity contribution in [3.63, 3.8) is 0 Å². The van der Waals surface area contributed by atoms with Gasteiger partial charge in [-0.25, -0.2) is 5.90 Å². The van der Waals surface area contributed by atoms with Crippen LogP contribution in [-0.4, -0.2) is 31.6 Å². The first-order valence-corrected chi connectivity index (χ1v) is 2.41. The van der Waals surface area contributed by atoms with Gasteiger partial charge in [0, 0.05) is 0 Å². The molecule has 0 radical (unpaired) electrons. The van der Waals surface area contributed by atoms with E-state index in [-0.39, 0.29) is 0 Å². The van der Waals surface area contributed by atoms with Crippen molar-refractivity contribution >= 4 is 0 Å². The van der Waals surface area contributed by atoms with Gasteiger partial charge in [0.15, 0.2) is 0 Å². The van der Waals surface area contributed by atoms with Crippen molar-refractivity contribution in [2.24, 2.45) is 5.90 Å². The largest absolute Gasteiger partial charge is 0.377 e. The average Bonchev–Trinajstić information content (AvgIpc) is 1.96. The molecule has 0 aromatic heterocycles. The maximum Gasteiger partial charge on any atom is 0.0701 e. The number of nitrogens with two attached hydrogens (primary N) is 1. The van der Waals surface area contributed by atoms with E-state index < -0.39 is 0 Å². The summed E-state index contributed by atoms with van der Waals surface area (Å²) in [6.45, 7) is 3.11. The van der Waals surface area contributed by atoms with Crippen LogP contribution in [0.25, 0.3) is 0 Å². The molecule has 0 aromatic rings. The lowest BCUT2D eigenvalue weighted by Crippen LogP contribution is -2.16. The number of rotatable bonds is 0. The fourth-order valence-corrected chi connectivity index (χ4v) is 0.440. The van der Waals surface area contributed by atoms with Crippen LogP contribution in [-0.2, 0) is 9.47 Å². The summed E-state index contributed by atoms with van der Waals surface area (Å²) in [6, 6.07) is 0. The first kappa shape index (κ1) is 7.84. The molecule has 4 heteroatoms. The maximum atomic E-state index is 6.50. The van der Waals surface area contributed by atoms with Crippen molar-refractivity contribution < 1.29 is 14.7 Å². The molecule has 1 rings (SSSR count). The van der Waals surface area contributed by atoms with Crippen molar-refractivity contribution in [1.82, 2.24) is 0 Å². The lowest BCUT2D eigenvalue weighted by molar-refractivity contribution is -0.0334. The van der Waals surface area contributed by atoms with Gasteiger partial charge in [-0.3, -0.25) is 0 Å². The fourth-order valence-electron chi connectivity index (χ4n) is 0.440. The van der Waals surface area contributed by atoms with Gasteiger partial charge in [0.2, 0.25) is 0 Å². The predicted molar refractivity (Wildman–Crippen MR) is 27.6 cm³/mol. The van der Waals surface area contributed by atoms with Crippen molar-refractivity contribution in [3.8, 4) is 0 Å². The van der Waals surface area contributed by atoms with E-state index >= 15 is 0 Å². The molecule has 0 bridgehead atoms. The number of hydrogen-bond donors (Lipinski definition) is 2. The van der Waals surface area contributed by atoms with Gasteiger partial charge in [0.05, 0.1) is 26.4 Å². The molecule has 1 fully saturated rings. The second-order valence-corrected chi connectivity index (χ2v) is 1.22. The summed E-state index contributed by atoms with van der Waals surface area (Å²) < 4.78 is 9.89. The molecule has 0 aliphatic carbocycles. The molecule has 0 spiro atoms. The fraction of sp³-hybridized carbons (Fsp3) is 1.00. The molecule has 0 unspecified atom stereocenters. The van der Waals surface area contributed by atoms with E-state index in [2.05, 4.69) is 5.90 Å². The molecule has 1 heterocycles. The van der Waals surface area contributed by atoms with Crippen LogP contribution in [0, 0.1) is 0 Å². The van der Waals surface area contributed by atoms with Gasteiger partial charge in [-0.2, -0.15) is 0 Å². The normalized spacial score (nSPS) is 18.8. The molecule has 1 saturated heterocycles. The third-order valence-corrected chi connectivity index (χ3v) is 0.744. The Hall–Kier alpha value is -0.160. The molecule has 8 heavy (non-hydrogen) atoms. The average molecular weight is 121 g/mol. The van der Waals surface area contributed by atoms with Gasteiger partial charge in [0.25, 0.3) is 0 Å². The van der Waals surface area contributed by atoms with Crippen LogP contribution in [0.3, 0.4) is 0 Å². The highest BCUT2D eigenvalue weighted by molar-refractivity contribution is 4.37. The zero-order valence-corrected chi connectivity index (χ0v) is 4.67. The summed E-state index contributed by atoms with van der Waals surface area (Å²) in [5.74, 6) is 3.50. The first-order chi connectivity index (χ1) is 4.00. The van der Waals surface area contributed by atoms with Crippen LogP contribution in [0.5, 0.6) is 0 Å². The van der Waals surface area contributed by atoms with E-state index in [1.165, 1.54) is 0 Å². The highest BCUT2D eigenvalue weighted by atomic mass is 16.6. The van der Waals surface area contributed by atoms with Gasteiger partial charge in [-0.1, -0.05) is 0 Å². The first-order valence-electron chi connectivity index (χ1n) is 2.41. The predicted octanol–water partition coefficient (Wildman–Crippen LogP) is -0.632. The highest BCUT2D eigenvalue weighted by Gasteiger charge is 1.94. The smallest absolute Gasteiger partial charge is 0.0701 e. The molecular weight excluding hydrogens is 110 g/mol. The van der Waals surface area contributed by atoms with Crippen molar-refractivity contribution in [3.05, 3.63) is 0 Å². The Morgan fingerprint density at radius 2 is 1.12 bits per heavy atom. The standard InChI is InChI=1S/C4H8O2.H3NO/c1-2-6-4-3-5-1;1-2/h1-4H2;2H,1H2. The minimum atomic E-state index is 0.778. The van der Waals surface area contributed by atoms with E-state index in [9.17, 15) is 0 Å². The Labute approximate surface area is 48.1 Å². The van der Waals surface area contributed by atoms with E-state index in [0.29, 0.717) is 0 Å². The monoisotopic (exact) mass is 121 g/mol. The minimum absolute atomic E-state index is 0.778. The zero-order valence-electron chi connectivity index (χ0n) is 4.67. The highest BCUT2D eigenvalue weighted by Crippen LogP contribution is 1.85. The molecule has 0 saturated carbocycles. The van der Waals surface area contributed by atoms with Crippen LogP contribution in [0.4, 0.5) is 0 Å². The van der Waals surface area contributed by atoms with Gasteiger partial charge in [-0.05, 0) is 0 Å². The number of ether oxygens (including phenoxy) is 2. The molecule has 50 valence electrons. The molecule has 3 N–H and O–H groups in total. The molecule has 0 amide bonds. The van der Waals surface area contributed by atoms with E-state index in [1.54, 1.807) is 0 Å². The Morgan fingerprint density at radius 3 is 1.25 bits per heavy atom. The third-order valence-electron chi connectivity index (χ3n) is 0.744. The molecule has 1 aliphatic rings. The van der Waals surface area contributed by atoms with E-state index in [0.717, 1.165) is 26.4 Å². The maximum absolute atomic E-state index is 6.50. The topological polar surface area (TPSA) is 64.7 Å².